The van der Waals surface area contributed by atoms with Crippen LogP contribution in [-0.4, -0.2) is 62.6 Å². The van der Waals surface area contributed by atoms with E-state index in [0.29, 0.717) is 35.0 Å². The van der Waals surface area contributed by atoms with Crippen molar-refractivity contribution >= 4 is 69.8 Å². The van der Waals surface area contributed by atoms with Crippen molar-refractivity contribution in [2.24, 2.45) is 20.2 Å². The molecule has 0 aliphatic heterocycles. The molecule has 254 valence electrons. The molecule has 0 aromatic heterocycles. The Labute approximate surface area is 284 Å². The molecule has 0 saturated heterocycles. The molecule has 4 aromatic rings. The summed E-state index contributed by atoms with van der Waals surface area (Å²) in [6.45, 7) is 0.330. The topological polar surface area (TPSA) is 223 Å². The van der Waals surface area contributed by atoms with E-state index < -0.39 is 11.0 Å². The van der Waals surface area contributed by atoms with Gasteiger partial charge in [0.1, 0.15) is 25.5 Å². The molecule has 0 spiro atoms. The molecule has 0 aliphatic carbocycles. The summed E-state index contributed by atoms with van der Waals surface area (Å²) in [5, 5.41) is 33.0. The smallest absolute Gasteiger partial charge is 0.411 e. The van der Waals surface area contributed by atoms with E-state index in [1.54, 1.807) is 54.6 Å². The molecule has 17 nitrogen and oxygen atoms in total. The molecule has 0 saturated carbocycles. The maximum Gasteiger partial charge on any atom is 0.411 e. The van der Waals surface area contributed by atoms with Gasteiger partial charge in [-0.15, -0.1) is 5.11 Å². The highest BCUT2D eigenvalue weighted by molar-refractivity contribution is 5.87. The largest absolute Gasteiger partial charge is 0.487 e. The number of amidine groups is 1. The van der Waals surface area contributed by atoms with Crippen LogP contribution in [0.1, 0.15) is 0 Å². The molecule has 0 radical (unpaired) electrons. The third-order valence-corrected chi connectivity index (χ3v) is 6.51. The Kier molecular flexibility index (Phi) is 13.0. The number of ether oxygens (including phenoxy) is 3. The SMILES string of the molecule is CN(CCOC(=N)Nc1cccc(N=C=O)c1)c1ccc(/N=N/c2ccc([N+](=O)[O-])cc2OCCOC(=O)Nc2cccc(N=C=O)c2)cc1. The van der Waals surface area contributed by atoms with Crippen molar-refractivity contribution in [2.45, 2.75) is 0 Å². The van der Waals surface area contributed by atoms with Crippen molar-refractivity contribution < 1.29 is 33.5 Å². The number of carbonyl (C=O) groups is 1. The van der Waals surface area contributed by atoms with Crippen molar-refractivity contribution in [3.05, 3.63) is 101 Å². The summed E-state index contributed by atoms with van der Waals surface area (Å²) in [5.41, 5.74) is 2.93. The fraction of sp³-hybridized carbons (Fsp3) is 0.152. The first kappa shape index (κ1) is 35.6. The van der Waals surface area contributed by atoms with Crippen molar-refractivity contribution in [1.82, 2.24) is 0 Å². The first-order chi connectivity index (χ1) is 24.2. The second-order valence-electron chi connectivity index (χ2n) is 9.97. The lowest BCUT2D eigenvalue weighted by Gasteiger charge is -2.19. The average molecular weight is 680 g/mol. The molecule has 0 heterocycles. The normalized spacial score (nSPS) is 10.3. The van der Waals surface area contributed by atoms with Crippen LogP contribution >= 0.6 is 0 Å². The minimum atomic E-state index is -0.789. The van der Waals surface area contributed by atoms with Crippen LogP contribution in [0.4, 0.5) is 50.3 Å². The van der Waals surface area contributed by atoms with E-state index in [2.05, 4.69) is 30.8 Å². The molecule has 17 heteroatoms. The van der Waals surface area contributed by atoms with Crippen LogP contribution in [0.5, 0.6) is 5.75 Å². The number of non-ortho nitro benzene ring substituents is 1. The Morgan fingerprint density at radius 2 is 1.48 bits per heavy atom. The van der Waals surface area contributed by atoms with Crippen LogP contribution in [0.3, 0.4) is 0 Å². The van der Waals surface area contributed by atoms with Gasteiger partial charge in [0.25, 0.3) is 11.7 Å². The van der Waals surface area contributed by atoms with Crippen molar-refractivity contribution in [3.63, 3.8) is 0 Å². The molecule has 3 N–H and O–H groups in total. The van der Waals surface area contributed by atoms with E-state index in [4.69, 9.17) is 19.6 Å². The van der Waals surface area contributed by atoms with Crippen LogP contribution < -0.4 is 20.3 Å². The van der Waals surface area contributed by atoms with Crippen molar-refractivity contribution in [1.29, 1.82) is 5.41 Å². The van der Waals surface area contributed by atoms with Crippen LogP contribution in [0, 0.1) is 15.5 Å². The summed E-state index contributed by atoms with van der Waals surface area (Å²) in [6.07, 6.45) is 2.10. The van der Waals surface area contributed by atoms with Gasteiger partial charge in [0.2, 0.25) is 12.2 Å². The molecule has 1 amide bonds. The number of rotatable bonds is 15. The van der Waals surface area contributed by atoms with Gasteiger partial charge in [0, 0.05) is 30.2 Å². The summed E-state index contributed by atoms with van der Waals surface area (Å²) in [6, 6.07) is 23.6. The summed E-state index contributed by atoms with van der Waals surface area (Å²) in [4.78, 5) is 52.7. The number of amides is 1. The van der Waals surface area contributed by atoms with Gasteiger partial charge in [-0.1, -0.05) is 12.1 Å². The van der Waals surface area contributed by atoms with E-state index in [0.717, 1.165) is 5.69 Å². The lowest BCUT2D eigenvalue weighted by atomic mass is 10.2. The van der Waals surface area contributed by atoms with E-state index in [-0.39, 0.29) is 43.0 Å². The number of nitrogens with one attached hydrogen (secondary N) is 3. The van der Waals surface area contributed by atoms with Gasteiger partial charge in [-0.25, -0.2) is 14.4 Å². The second-order valence-corrected chi connectivity index (χ2v) is 9.97. The number of nitro groups is 1. The number of benzene rings is 4. The first-order valence-electron chi connectivity index (χ1n) is 14.7. The van der Waals surface area contributed by atoms with Gasteiger partial charge >= 0.3 is 6.09 Å². The molecule has 4 rings (SSSR count). The number of nitrogens with zero attached hydrogens (tertiary/aromatic N) is 6. The molecule has 0 aliphatic rings. The molecule has 4 aromatic carbocycles. The molecule has 0 unspecified atom stereocenters. The van der Waals surface area contributed by atoms with Crippen molar-refractivity contribution in [2.75, 3.05) is 48.9 Å². The predicted molar refractivity (Wildman–Crippen MR) is 183 cm³/mol. The number of likely N-dealkylation sites (N-methyl/N-ethyl adjacent to an activating group) is 1. The molecule has 0 fully saturated rings. The molecule has 0 atom stereocenters. The average Bonchev–Trinajstić information content (AvgIpc) is 3.10. The van der Waals surface area contributed by atoms with Crippen LogP contribution in [-0.2, 0) is 19.1 Å². The number of carbonyl (C=O) groups excluding carboxylic acids is 3. The van der Waals surface area contributed by atoms with E-state index in [1.165, 1.54) is 36.4 Å². The van der Waals surface area contributed by atoms with Crippen LogP contribution in [0.25, 0.3) is 0 Å². The molecular formula is C33H29N9O8. The Hall–Kier alpha value is -7.22. The minimum absolute atomic E-state index is 0.0602. The highest BCUT2D eigenvalue weighted by atomic mass is 16.6. The number of aliphatic imine (C=N–C) groups is 2. The number of azo groups is 1. The number of anilines is 3. The van der Waals surface area contributed by atoms with Gasteiger partial charge in [-0.05, 0) is 66.7 Å². The van der Waals surface area contributed by atoms with Gasteiger partial charge < -0.3 is 24.4 Å². The Bertz CT molecular complexity index is 1960. The van der Waals surface area contributed by atoms with E-state index >= 15 is 0 Å². The number of hydrogen-bond donors (Lipinski definition) is 3. The number of nitro benzene ring substituents is 1. The maximum atomic E-state index is 12.1. The highest BCUT2D eigenvalue weighted by Crippen LogP contribution is 2.33. The van der Waals surface area contributed by atoms with E-state index in [9.17, 15) is 24.5 Å². The Morgan fingerprint density at radius 1 is 0.820 bits per heavy atom. The predicted octanol–water partition coefficient (Wildman–Crippen LogP) is 7.07. The lowest BCUT2D eigenvalue weighted by Crippen LogP contribution is -2.25. The van der Waals surface area contributed by atoms with Crippen molar-refractivity contribution in [3.8, 4) is 5.75 Å². The number of hydrogen-bond acceptors (Lipinski definition) is 14. The molecule has 0 bridgehead atoms. The minimum Gasteiger partial charge on any atom is -0.487 e. The Morgan fingerprint density at radius 3 is 2.12 bits per heavy atom. The summed E-state index contributed by atoms with van der Waals surface area (Å²) < 4.78 is 16.2. The summed E-state index contributed by atoms with van der Waals surface area (Å²) in [7, 11) is 1.86. The van der Waals surface area contributed by atoms with Crippen LogP contribution in [0.15, 0.2) is 111 Å². The number of isocyanates is 2. The monoisotopic (exact) mass is 679 g/mol. The van der Waals surface area contributed by atoms with E-state index in [1.807, 2.05) is 24.1 Å². The fourth-order valence-corrected chi connectivity index (χ4v) is 4.13. The second kappa shape index (κ2) is 18.2. The Balaban J connectivity index is 1.27. The van der Waals surface area contributed by atoms with Gasteiger partial charge in [0.15, 0.2) is 5.75 Å². The molecular weight excluding hydrogens is 650 g/mol. The fourth-order valence-electron chi connectivity index (χ4n) is 4.13. The summed E-state index contributed by atoms with van der Waals surface area (Å²) in [5.74, 6) is 0.0602. The van der Waals surface area contributed by atoms with Gasteiger partial charge in [-0.2, -0.15) is 15.1 Å². The zero-order valence-corrected chi connectivity index (χ0v) is 26.4. The standard InChI is InChI=1S/C33H29N9O8/c1-41(14-15-49-32(34)37-26-6-2-4-24(18-26)35-21-43)28-10-8-23(9-11-28)39-40-30-13-12-29(42(46)47)20-31(30)48-16-17-50-33(45)38-27-7-3-5-25(19-27)36-22-44/h2-13,18-20H,14-17H2,1H3,(H2,34,37)(H,38,45)/b40-39+. The third-order valence-electron chi connectivity index (χ3n) is 6.51. The third kappa shape index (κ3) is 11.2. The zero-order valence-electron chi connectivity index (χ0n) is 26.4. The maximum absolute atomic E-state index is 12.1. The summed E-state index contributed by atoms with van der Waals surface area (Å²) >= 11 is 0. The zero-order chi connectivity index (χ0) is 35.7. The molecule has 50 heavy (non-hydrogen) atoms. The van der Waals surface area contributed by atoms with Gasteiger partial charge in [-0.3, -0.25) is 20.8 Å². The van der Waals surface area contributed by atoms with Gasteiger partial charge in [0.05, 0.1) is 34.6 Å². The quantitative estimate of drug-likeness (QED) is 0.0220. The van der Waals surface area contributed by atoms with Crippen LogP contribution in [0.2, 0.25) is 0 Å². The first-order valence-corrected chi connectivity index (χ1v) is 14.7. The lowest BCUT2D eigenvalue weighted by molar-refractivity contribution is -0.384. The highest BCUT2D eigenvalue weighted by Gasteiger charge is 2.13.